The summed E-state index contributed by atoms with van der Waals surface area (Å²) in [4.78, 5) is 28.6. The molecule has 2 N–H and O–H groups in total. The fourth-order valence-corrected chi connectivity index (χ4v) is 6.14. The molecule has 0 aromatic heterocycles. The van der Waals surface area contributed by atoms with Gasteiger partial charge in [-0.25, -0.2) is 0 Å². The lowest BCUT2D eigenvalue weighted by Crippen LogP contribution is -2.40. The van der Waals surface area contributed by atoms with E-state index in [-0.39, 0.29) is 30.5 Å². The molecule has 3 heterocycles. The molecule has 2 saturated heterocycles. The summed E-state index contributed by atoms with van der Waals surface area (Å²) in [6.45, 7) is 1.60. The summed E-state index contributed by atoms with van der Waals surface area (Å²) in [6.07, 6.45) is 7.27. The highest BCUT2D eigenvalue weighted by Gasteiger charge is 2.32. The zero-order valence-electron chi connectivity index (χ0n) is 19.7. The topological polar surface area (TPSA) is 70.7 Å². The third kappa shape index (κ3) is 4.96. The number of carbonyl (C=O) groups excluding carboxylic acids is 2. The van der Waals surface area contributed by atoms with Gasteiger partial charge in [0.1, 0.15) is 0 Å². The lowest BCUT2D eigenvalue weighted by atomic mass is 9.90. The van der Waals surface area contributed by atoms with Gasteiger partial charge in [0.15, 0.2) is 0 Å². The molecule has 0 radical (unpaired) electrons. The molecule has 3 aliphatic rings. The highest BCUT2D eigenvalue weighted by molar-refractivity contribution is 7.98. The van der Waals surface area contributed by atoms with Gasteiger partial charge in [-0.15, -0.1) is 11.8 Å². The second-order valence-electron chi connectivity index (χ2n) is 9.41. The molecule has 5 rings (SSSR count). The SMILES string of the molecule is CSc1ccccc1[C@H]1CCCN1C(=O)CNC(=O)CCc1ccc2c(c1)[C@@H]1C[C@@H](CCO1)N2. The summed E-state index contributed by atoms with van der Waals surface area (Å²) in [5.74, 6) is -0.0888. The Hall–Kier alpha value is -2.51. The molecule has 2 aromatic rings. The van der Waals surface area contributed by atoms with Crippen LogP contribution in [0, 0.1) is 0 Å². The van der Waals surface area contributed by atoms with E-state index in [1.165, 1.54) is 16.0 Å². The van der Waals surface area contributed by atoms with E-state index >= 15 is 0 Å². The number of amides is 2. The molecule has 180 valence electrons. The van der Waals surface area contributed by atoms with Gasteiger partial charge in [0.05, 0.1) is 18.7 Å². The fourth-order valence-electron chi connectivity index (χ4n) is 5.48. The van der Waals surface area contributed by atoms with Crippen LogP contribution in [0.3, 0.4) is 0 Å². The number of likely N-dealkylation sites (tertiary alicyclic amines) is 1. The average molecular weight is 480 g/mol. The Morgan fingerprint density at radius 3 is 2.94 bits per heavy atom. The van der Waals surface area contributed by atoms with Crippen LogP contribution in [0.4, 0.5) is 5.69 Å². The first-order valence-corrected chi connectivity index (χ1v) is 13.5. The van der Waals surface area contributed by atoms with E-state index in [0.29, 0.717) is 18.9 Å². The molecule has 2 bridgehead atoms. The number of benzene rings is 2. The maximum atomic E-state index is 13.0. The van der Waals surface area contributed by atoms with E-state index in [1.54, 1.807) is 11.8 Å². The predicted octanol–water partition coefficient (Wildman–Crippen LogP) is 4.47. The zero-order valence-corrected chi connectivity index (χ0v) is 20.5. The van der Waals surface area contributed by atoms with E-state index in [1.807, 2.05) is 17.0 Å². The average Bonchev–Trinajstić information content (AvgIpc) is 3.36. The van der Waals surface area contributed by atoms with Gasteiger partial charge >= 0.3 is 0 Å². The molecule has 7 heteroatoms. The van der Waals surface area contributed by atoms with Crippen LogP contribution in [-0.4, -0.2) is 48.7 Å². The number of carbonyl (C=O) groups is 2. The predicted molar refractivity (Wildman–Crippen MR) is 135 cm³/mol. The van der Waals surface area contributed by atoms with E-state index < -0.39 is 0 Å². The molecule has 6 nitrogen and oxygen atoms in total. The Morgan fingerprint density at radius 2 is 2.06 bits per heavy atom. The van der Waals surface area contributed by atoms with E-state index in [2.05, 4.69) is 47.2 Å². The molecule has 0 unspecified atom stereocenters. The third-order valence-electron chi connectivity index (χ3n) is 7.26. The number of nitrogens with zero attached hydrogens (tertiary/aromatic N) is 1. The van der Waals surface area contributed by atoms with Crippen molar-refractivity contribution in [3.05, 3.63) is 59.2 Å². The Bertz CT molecular complexity index is 1060. The quantitative estimate of drug-likeness (QED) is 0.574. The van der Waals surface area contributed by atoms with Gasteiger partial charge in [-0.3, -0.25) is 9.59 Å². The van der Waals surface area contributed by atoms with Crippen molar-refractivity contribution in [3.8, 4) is 0 Å². The lowest BCUT2D eigenvalue weighted by Gasteiger charge is -2.37. The van der Waals surface area contributed by atoms with Crippen LogP contribution in [0.25, 0.3) is 0 Å². The minimum atomic E-state index is -0.0848. The van der Waals surface area contributed by atoms with Crippen molar-refractivity contribution < 1.29 is 14.3 Å². The van der Waals surface area contributed by atoms with Crippen LogP contribution < -0.4 is 10.6 Å². The van der Waals surface area contributed by atoms with Crippen LogP contribution in [0.5, 0.6) is 0 Å². The third-order valence-corrected chi connectivity index (χ3v) is 8.07. The van der Waals surface area contributed by atoms with Crippen molar-refractivity contribution in [2.24, 2.45) is 0 Å². The van der Waals surface area contributed by atoms with Crippen molar-refractivity contribution in [1.82, 2.24) is 10.2 Å². The van der Waals surface area contributed by atoms with E-state index in [4.69, 9.17) is 4.74 Å². The summed E-state index contributed by atoms with van der Waals surface area (Å²) in [5.41, 5.74) is 4.70. The van der Waals surface area contributed by atoms with Crippen LogP contribution in [0.1, 0.15) is 60.9 Å². The minimum absolute atomic E-state index is 0.00406. The Kier molecular flexibility index (Phi) is 7.11. The van der Waals surface area contributed by atoms with E-state index in [0.717, 1.165) is 50.1 Å². The van der Waals surface area contributed by atoms with Crippen LogP contribution in [0.15, 0.2) is 47.4 Å². The molecule has 2 aromatic carbocycles. The molecule has 0 saturated carbocycles. The fraction of sp³-hybridized carbons (Fsp3) is 0.481. The van der Waals surface area contributed by atoms with Gasteiger partial charge in [0.25, 0.3) is 0 Å². The van der Waals surface area contributed by atoms with Crippen molar-refractivity contribution in [3.63, 3.8) is 0 Å². The molecular formula is C27H33N3O3S. The van der Waals surface area contributed by atoms with Crippen molar-refractivity contribution in [2.75, 3.05) is 31.3 Å². The molecular weight excluding hydrogens is 446 g/mol. The van der Waals surface area contributed by atoms with Gasteiger partial charge in [-0.2, -0.15) is 0 Å². The van der Waals surface area contributed by atoms with Crippen LogP contribution >= 0.6 is 11.8 Å². The number of aryl methyl sites for hydroxylation is 1. The largest absolute Gasteiger partial charge is 0.382 e. The molecule has 0 aliphatic carbocycles. The number of nitrogens with one attached hydrogen (secondary N) is 2. The Morgan fingerprint density at radius 1 is 1.18 bits per heavy atom. The molecule has 34 heavy (non-hydrogen) atoms. The minimum Gasteiger partial charge on any atom is -0.382 e. The number of ether oxygens (including phenoxy) is 1. The highest BCUT2D eigenvalue weighted by Crippen LogP contribution is 2.39. The second kappa shape index (κ2) is 10.4. The van der Waals surface area contributed by atoms with Crippen LogP contribution in [0.2, 0.25) is 0 Å². The van der Waals surface area contributed by atoms with Gasteiger partial charge in [-0.05, 0) is 61.6 Å². The summed E-state index contributed by atoms with van der Waals surface area (Å²) < 4.78 is 5.96. The monoisotopic (exact) mass is 479 g/mol. The number of anilines is 1. The first kappa shape index (κ1) is 23.2. The second-order valence-corrected chi connectivity index (χ2v) is 10.3. The maximum absolute atomic E-state index is 13.0. The molecule has 3 aliphatic heterocycles. The standard InChI is InChI=1S/C27H33N3O3S/c1-34-25-7-3-2-5-20(25)23-6-4-13-30(23)27(32)17-28-26(31)11-9-18-8-10-22-21(15-18)24-16-19(29-22)12-14-33-24/h2-3,5,7-8,10,15,19,23-24,29H,4,6,9,11-14,16-17H2,1H3,(H,28,31)/t19-,23-,24+/m1/s1. The number of thioether (sulfide) groups is 1. The Balaban J connectivity index is 1.14. The normalized spacial score (nSPS) is 23.2. The zero-order chi connectivity index (χ0) is 23.5. The summed E-state index contributed by atoms with van der Waals surface area (Å²) in [7, 11) is 0. The van der Waals surface area contributed by atoms with Crippen molar-refractivity contribution in [2.45, 2.75) is 61.6 Å². The summed E-state index contributed by atoms with van der Waals surface area (Å²) in [6, 6.07) is 15.3. The van der Waals surface area contributed by atoms with Gasteiger partial charge < -0.3 is 20.3 Å². The van der Waals surface area contributed by atoms with Crippen LogP contribution in [-0.2, 0) is 20.7 Å². The maximum Gasteiger partial charge on any atom is 0.242 e. The highest BCUT2D eigenvalue weighted by atomic mass is 32.2. The van der Waals surface area contributed by atoms with E-state index in [9.17, 15) is 9.59 Å². The van der Waals surface area contributed by atoms with Gasteiger partial charge in [0, 0.05) is 41.8 Å². The molecule has 2 fully saturated rings. The number of rotatable bonds is 7. The van der Waals surface area contributed by atoms with Gasteiger partial charge in [-0.1, -0.05) is 30.3 Å². The number of hydrogen-bond donors (Lipinski definition) is 2. The Labute approximate surface area is 205 Å². The lowest BCUT2D eigenvalue weighted by molar-refractivity contribution is -0.133. The first-order valence-electron chi connectivity index (χ1n) is 12.3. The van der Waals surface area contributed by atoms with Crippen molar-refractivity contribution in [1.29, 1.82) is 0 Å². The molecule has 3 atom stereocenters. The van der Waals surface area contributed by atoms with Gasteiger partial charge in [0.2, 0.25) is 11.8 Å². The number of hydrogen-bond acceptors (Lipinski definition) is 5. The van der Waals surface area contributed by atoms with Crippen molar-refractivity contribution >= 4 is 29.3 Å². The number of fused-ring (bicyclic) bond motifs is 4. The molecule has 0 spiro atoms. The smallest absolute Gasteiger partial charge is 0.242 e. The molecule has 2 amide bonds. The first-order chi connectivity index (χ1) is 16.6. The summed E-state index contributed by atoms with van der Waals surface area (Å²) >= 11 is 1.71. The summed E-state index contributed by atoms with van der Waals surface area (Å²) in [5, 5.41) is 6.45.